The van der Waals surface area contributed by atoms with Gasteiger partial charge in [0.05, 0.1) is 12.1 Å². The number of hydrogen-bond acceptors (Lipinski definition) is 3. The number of aromatic amines is 1. The van der Waals surface area contributed by atoms with Crippen LogP contribution in [0.5, 0.6) is 0 Å². The van der Waals surface area contributed by atoms with Crippen LogP contribution < -0.4 is 5.56 Å². The molecule has 0 aliphatic carbocycles. The van der Waals surface area contributed by atoms with Gasteiger partial charge in [-0.3, -0.25) is 14.6 Å². The summed E-state index contributed by atoms with van der Waals surface area (Å²) in [5.41, 5.74) is 4.42. The zero-order valence-electron chi connectivity index (χ0n) is 15.4. The van der Waals surface area contributed by atoms with Crippen LogP contribution in [0.3, 0.4) is 0 Å². The second kappa shape index (κ2) is 7.52. The third-order valence-corrected chi connectivity index (χ3v) is 4.48. The molecule has 0 bridgehead atoms. The van der Waals surface area contributed by atoms with Crippen molar-refractivity contribution in [3.05, 3.63) is 75.3 Å². The third kappa shape index (κ3) is 3.82. The van der Waals surface area contributed by atoms with Crippen LogP contribution in [0.1, 0.15) is 35.6 Å². The Morgan fingerprint density at radius 3 is 2.69 bits per heavy atom. The van der Waals surface area contributed by atoms with Gasteiger partial charge in [-0.05, 0) is 48.6 Å². The minimum atomic E-state index is -0.149. The van der Waals surface area contributed by atoms with E-state index < -0.39 is 0 Å². The number of carbonyl (C=O) groups is 1. The number of rotatable bonds is 5. The lowest BCUT2D eigenvalue weighted by Crippen LogP contribution is -2.32. The van der Waals surface area contributed by atoms with E-state index in [4.69, 9.17) is 0 Å². The molecule has 0 unspecified atom stereocenters. The van der Waals surface area contributed by atoms with E-state index >= 15 is 0 Å². The predicted molar refractivity (Wildman–Crippen MR) is 103 cm³/mol. The molecule has 5 heteroatoms. The van der Waals surface area contributed by atoms with Crippen molar-refractivity contribution in [2.75, 3.05) is 0 Å². The van der Waals surface area contributed by atoms with Crippen LogP contribution in [0.15, 0.2) is 47.5 Å². The third-order valence-electron chi connectivity index (χ3n) is 4.48. The highest BCUT2D eigenvalue weighted by Gasteiger charge is 2.15. The molecule has 0 saturated carbocycles. The van der Waals surface area contributed by atoms with Gasteiger partial charge in [0.1, 0.15) is 0 Å². The summed E-state index contributed by atoms with van der Waals surface area (Å²) in [4.78, 5) is 33.7. The predicted octanol–water partition coefficient (Wildman–Crippen LogP) is 3.48. The fourth-order valence-electron chi connectivity index (χ4n) is 3.22. The first kappa shape index (κ1) is 17.9. The molecule has 0 aliphatic rings. The topological polar surface area (TPSA) is 66.1 Å². The van der Waals surface area contributed by atoms with Crippen LogP contribution in [0.4, 0.5) is 0 Å². The Bertz CT molecular complexity index is 993. The number of pyridine rings is 2. The summed E-state index contributed by atoms with van der Waals surface area (Å²) in [5.74, 6) is 0.00812. The molecule has 1 N–H and O–H groups in total. The zero-order chi connectivity index (χ0) is 18.7. The SMILES string of the molecule is CCC(=O)N(Cc1cccnc1)Cc1cc2cc(C)cc(C)c2[nH]c1=O. The van der Waals surface area contributed by atoms with Crippen LogP contribution in [0.2, 0.25) is 0 Å². The molecule has 0 fully saturated rings. The maximum atomic E-state index is 12.6. The largest absolute Gasteiger partial charge is 0.334 e. The van der Waals surface area contributed by atoms with E-state index in [0.717, 1.165) is 27.6 Å². The normalized spacial score (nSPS) is 10.9. The number of aryl methyl sites for hydroxylation is 2. The molecule has 0 radical (unpaired) electrons. The first-order valence-electron chi connectivity index (χ1n) is 8.77. The minimum Gasteiger partial charge on any atom is -0.334 e. The Morgan fingerprint density at radius 1 is 1.19 bits per heavy atom. The molecular formula is C21H23N3O2. The minimum absolute atomic E-state index is 0.00812. The van der Waals surface area contributed by atoms with E-state index in [1.807, 2.05) is 45.0 Å². The van der Waals surface area contributed by atoms with Gasteiger partial charge in [0.25, 0.3) is 5.56 Å². The molecule has 0 aliphatic heterocycles. The number of amides is 1. The molecule has 2 heterocycles. The number of aromatic nitrogens is 2. The maximum absolute atomic E-state index is 12.6. The lowest BCUT2D eigenvalue weighted by atomic mass is 10.0. The fourth-order valence-corrected chi connectivity index (χ4v) is 3.22. The van der Waals surface area contributed by atoms with Gasteiger partial charge in [0.2, 0.25) is 5.91 Å². The monoisotopic (exact) mass is 349 g/mol. The molecule has 2 aromatic heterocycles. The van der Waals surface area contributed by atoms with Crippen LogP contribution >= 0.6 is 0 Å². The summed E-state index contributed by atoms with van der Waals surface area (Å²) in [6, 6.07) is 9.77. The molecule has 0 saturated heterocycles. The highest BCUT2D eigenvalue weighted by Crippen LogP contribution is 2.19. The Hall–Kier alpha value is -2.95. The van der Waals surface area contributed by atoms with Crippen molar-refractivity contribution in [1.29, 1.82) is 0 Å². The molecule has 5 nitrogen and oxygen atoms in total. The summed E-state index contributed by atoms with van der Waals surface area (Å²) in [7, 11) is 0. The van der Waals surface area contributed by atoms with E-state index in [0.29, 0.717) is 18.5 Å². The van der Waals surface area contributed by atoms with Crippen LogP contribution in [0.25, 0.3) is 10.9 Å². The molecule has 26 heavy (non-hydrogen) atoms. The number of carbonyl (C=O) groups excluding carboxylic acids is 1. The molecule has 0 atom stereocenters. The molecule has 134 valence electrons. The highest BCUT2D eigenvalue weighted by molar-refractivity contribution is 5.83. The van der Waals surface area contributed by atoms with Gasteiger partial charge in [-0.1, -0.05) is 24.6 Å². The molecule has 3 rings (SSSR count). The van der Waals surface area contributed by atoms with Gasteiger partial charge in [-0.15, -0.1) is 0 Å². The van der Waals surface area contributed by atoms with Gasteiger partial charge in [-0.2, -0.15) is 0 Å². The van der Waals surface area contributed by atoms with Gasteiger partial charge in [0.15, 0.2) is 0 Å². The van der Waals surface area contributed by atoms with Crippen molar-refractivity contribution in [2.45, 2.75) is 40.3 Å². The summed E-state index contributed by atoms with van der Waals surface area (Å²) in [6.45, 7) is 6.56. The number of hydrogen-bond donors (Lipinski definition) is 1. The van der Waals surface area contributed by atoms with Gasteiger partial charge in [0, 0.05) is 30.9 Å². The average molecular weight is 349 g/mol. The van der Waals surface area contributed by atoms with Crippen LogP contribution in [-0.4, -0.2) is 20.8 Å². The van der Waals surface area contributed by atoms with Crippen molar-refractivity contribution in [2.24, 2.45) is 0 Å². The summed E-state index contributed by atoms with van der Waals surface area (Å²) in [5, 5.41) is 0.988. The standard InChI is InChI=1S/C21H23N3O2/c1-4-19(25)24(12-16-6-5-7-22-11-16)13-18-10-17-9-14(2)8-15(3)20(17)23-21(18)26/h5-11H,4,12-13H2,1-3H3,(H,23,26). The number of fused-ring (bicyclic) bond motifs is 1. The second-order valence-electron chi connectivity index (χ2n) is 6.63. The maximum Gasteiger partial charge on any atom is 0.253 e. The first-order valence-corrected chi connectivity index (χ1v) is 8.77. The molecule has 0 spiro atoms. The van der Waals surface area contributed by atoms with E-state index in [1.54, 1.807) is 17.3 Å². The Morgan fingerprint density at radius 2 is 2.00 bits per heavy atom. The number of benzene rings is 1. The summed E-state index contributed by atoms with van der Waals surface area (Å²) in [6.07, 6.45) is 3.84. The van der Waals surface area contributed by atoms with Crippen molar-refractivity contribution >= 4 is 16.8 Å². The summed E-state index contributed by atoms with van der Waals surface area (Å²) < 4.78 is 0. The molecular weight excluding hydrogens is 326 g/mol. The number of H-pyrrole nitrogens is 1. The quantitative estimate of drug-likeness (QED) is 0.767. The fraction of sp³-hybridized carbons (Fsp3) is 0.286. The second-order valence-corrected chi connectivity index (χ2v) is 6.63. The van der Waals surface area contributed by atoms with Gasteiger partial charge >= 0.3 is 0 Å². The Labute approximate surface area is 152 Å². The van der Waals surface area contributed by atoms with E-state index in [-0.39, 0.29) is 18.0 Å². The lowest BCUT2D eigenvalue weighted by Gasteiger charge is -2.22. The zero-order valence-corrected chi connectivity index (χ0v) is 15.4. The average Bonchev–Trinajstić information content (AvgIpc) is 2.62. The van der Waals surface area contributed by atoms with Crippen molar-refractivity contribution in [1.82, 2.24) is 14.9 Å². The van der Waals surface area contributed by atoms with Gasteiger partial charge < -0.3 is 9.88 Å². The Balaban J connectivity index is 1.96. The van der Waals surface area contributed by atoms with Crippen molar-refractivity contribution < 1.29 is 4.79 Å². The lowest BCUT2D eigenvalue weighted by molar-refractivity contribution is -0.132. The number of nitrogens with zero attached hydrogens (tertiary/aromatic N) is 2. The van der Waals surface area contributed by atoms with Gasteiger partial charge in [-0.25, -0.2) is 0 Å². The Kier molecular flexibility index (Phi) is 5.16. The van der Waals surface area contributed by atoms with E-state index in [2.05, 4.69) is 16.0 Å². The smallest absolute Gasteiger partial charge is 0.253 e. The number of nitrogens with one attached hydrogen (secondary N) is 1. The van der Waals surface area contributed by atoms with Crippen LogP contribution in [0, 0.1) is 13.8 Å². The first-order chi connectivity index (χ1) is 12.5. The van der Waals surface area contributed by atoms with Crippen molar-refractivity contribution in [3.8, 4) is 0 Å². The van der Waals surface area contributed by atoms with E-state index in [9.17, 15) is 9.59 Å². The highest BCUT2D eigenvalue weighted by atomic mass is 16.2. The molecule has 1 aromatic carbocycles. The summed E-state index contributed by atoms with van der Waals surface area (Å²) >= 11 is 0. The molecule has 3 aromatic rings. The molecule has 1 amide bonds. The van der Waals surface area contributed by atoms with Crippen LogP contribution in [-0.2, 0) is 17.9 Å². The van der Waals surface area contributed by atoms with E-state index in [1.165, 1.54) is 0 Å². The van der Waals surface area contributed by atoms with Crippen molar-refractivity contribution in [3.63, 3.8) is 0 Å².